The van der Waals surface area contributed by atoms with Gasteiger partial charge >= 0.3 is 0 Å². The van der Waals surface area contributed by atoms with E-state index in [1.165, 1.54) is 32.2 Å². The van der Waals surface area contributed by atoms with Gasteiger partial charge in [-0.25, -0.2) is 0 Å². The van der Waals surface area contributed by atoms with Gasteiger partial charge in [0, 0.05) is 6.54 Å². The Morgan fingerprint density at radius 1 is 1.25 bits per heavy atom. The minimum absolute atomic E-state index is 0.504. The molecule has 1 saturated heterocycles. The second kappa shape index (κ2) is 6.58. The monoisotopic (exact) mass is 226 g/mol. The summed E-state index contributed by atoms with van der Waals surface area (Å²) in [6.07, 6.45) is 5.77. The van der Waals surface area contributed by atoms with Crippen LogP contribution in [0.3, 0.4) is 0 Å². The zero-order chi connectivity index (χ0) is 11.2. The summed E-state index contributed by atoms with van der Waals surface area (Å²) >= 11 is 0. The van der Waals surface area contributed by atoms with Gasteiger partial charge in [0.2, 0.25) is 0 Å². The van der Waals surface area contributed by atoms with E-state index in [1.807, 2.05) is 0 Å². The lowest BCUT2D eigenvalue weighted by molar-refractivity contribution is 0.0345. The highest BCUT2D eigenvalue weighted by atomic mass is 16.5. The lowest BCUT2D eigenvalue weighted by Gasteiger charge is -2.23. The van der Waals surface area contributed by atoms with Crippen molar-refractivity contribution in [3.8, 4) is 0 Å². The van der Waals surface area contributed by atoms with E-state index in [0.717, 1.165) is 38.1 Å². The number of piperidine rings is 1. The quantitative estimate of drug-likeness (QED) is 0.644. The van der Waals surface area contributed by atoms with Crippen molar-refractivity contribution in [3.05, 3.63) is 0 Å². The lowest BCUT2D eigenvalue weighted by atomic mass is 10.1. The molecule has 3 nitrogen and oxygen atoms in total. The van der Waals surface area contributed by atoms with E-state index in [-0.39, 0.29) is 0 Å². The van der Waals surface area contributed by atoms with Gasteiger partial charge in [-0.05, 0) is 57.2 Å². The fraction of sp³-hybridized carbons (Fsp3) is 1.00. The van der Waals surface area contributed by atoms with Gasteiger partial charge < -0.3 is 15.4 Å². The normalized spacial score (nSPS) is 24.6. The van der Waals surface area contributed by atoms with Crippen molar-refractivity contribution < 1.29 is 4.74 Å². The second-order valence-electron chi connectivity index (χ2n) is 5.34. The minimum atomic E-state index is 0.504. The zero-order valence-electron chi connectivity index (χ0n) is 10.5. The van der Waals surface area contributed by atoms with Gasteiger partial charge in [0.15, 0.2) is 0 Å². The first kappa shape index (κ1) is 12.3. The Bertz CT molecular complexity index is 188. The third-order valence-corrected chi connectivity index (χ3v) is 3.81. The summed E-state index contributed by atoms with van der Waals surface area (Å²) in [5, 5.41) is 6.86. The molecule has 0 aromatic heterocycles. The first-order valence-corrected chi connectivity index (χ1v) is 6.89. The van der Waals surface area contributed by atoms with Crippen LogP contribution in [0.1, 0.15) is 32.6 Å². The molecule has 16 heavy (non-hydrogen) atoms. The fourth-order valence-electron chi connectivity index (χ4n) is 2.42. The summed E-state index contributed by atoms with van der Waals surface area (Å²) in [6.45, 7) is 7.66. The number of rotatable bonds is 7. The molecule has 1 heterocycles. The van der Waals surface area contributed by atoms with E-state index >= 15 is 0 Å². The van der Waals surface area contributed by atoms with Crippen LogP contribution in [0.2, 0.25) is 0 Å². The van der Waals surface area contributed by atoms with Crippen molar-refractivity contribution in [2.45, 2.75) is 38.7 Å². The molecular weight excluding hydrogens is 200 g/mol. The van der Waals surface area contributed by atoms with Crippen LogP contribution >= 0.6 is 0 Å². The minimum Gasteiger partial charge on any atom is -0.377 e. The van der Waals surface area contributed by atoms with Crippen molar-refractivity contribution in [2.75, 3.05) is 32.8 Å². The van der Waals surface area contributed by atoms with Crippen molar-refractivity contribution in [1.82, 2.24) is 10.6 Å². The number of nitrogens with one attached hydrogen (secondary N) is 2. The molecule has 0 amide bonds. The van der Waals surface area contributed by atoms with Gasteiger partial charge in [-0.3, -0.25) is 0 Å². The predicted octanol–water partition coefficient (Wildman–Crippen LogP) is 1.39. The molecule has 1 aliphatic carbocycles. The Labute approximate surface area is 99.3 Å². The number of hydrogen-bond acceptors (Lipinski definition) is 3. The van der Waals surface area contributed by atoms with Crippen molar-refractivity contribution in [1.29, 1.82) is 0 Å². The molecule has 0 bridgehead atoms. The smallest absolute Gasteiger partial charge is 0.0600 e. The Hall–Kier alpha value is -0.120. The molecule has 3 heteroatoms. The molecule has 2 rings (SSSR count). The molecule has 0 aromatic carbocycles. The Kier molecular flexibility index (Phi) is 5.07. The van der Waals surface area contributed by atoms with Crippen LogP contribution in [-0.4, -0.2) is 38.9 Å². The van der Waals surface area contributed by atoms with Crippen molar-refractivity contribution >= 4 is 0 Å². The van der Waals surface area contributed by atoms with E-state index in [4.69, 9.17) is 4.74 Å². The van der Waals surface area contributed by atoms with Gasteiger partial charge in [-0.1, -0.05) is 6.92 Å². The largest absolute Gasteiger partial charge is 0.377 e. The third kappa shape index (κ3) is 4.40. The first-order chi connectivity index (χ1) is 7.86. The van der Waals surface area contributed by atoms with Crippen LogP contribution in [0.4, 0.5) is 0 Å². The summed E-state index contributed by atoms with van der Waals surface area (Å²) in [7, 11) is 0. The van der Waals surface area contributed by atoms with E-state index in [1.54, 1.807) is 0 Å². The SMILES string of the molecule is CC(CNCCOC1CCNCC1)C1CC1. The average molecular weight is 226 g/mol. The van der Waals surface area contributed by atoms with Gasteiger partial charge in [-0.2, -0.15) is 0 Å². The number of ether oxygens (including phenoxy) is 1. The maximum atomic E-state index is 5.84. The van der Waals surface area contributed by atoms with Crippen molar-refractivity contribution in [3.63, 3.8) is 0 Å². The Balaban J connectivity index is 1.42. The van der Waals surface area contributed by atoms with Crippen LogP contribution in [0.15, 0.2) is 0 Å². The maximum Gasteiger partial charge on any atom is 0.0600 e. The lowest BCUT2D eigenvalue weighted by Crippen LogP contribution is -2.34. The maximum absolute atomic E-state index is 5.84. The fourth-order valence-corrected chi connectivity index (χ4v) is 2.42. The van der Waals surface area contributed by atoms with E-state index in [2.05, 4.69) is 17.6 Å². The molecule has 1 saturated carbocycles. The van der Waals surface area contributed by atoms with E-state index in [0.29, 0.717) is 6.10 Å². The van der Waals surface area contributed by atoms with Crippen LogP contribution < -0.4 is 10.6 Å². The molecular formula is C13H26N2O. The second-order valence-corrected chi connectivity index (χ2v) is 5.34. The molecule has 2 aliphatic rings. The molecule has 0 aromatic rings. The highest BCUT2D eigenvalue weighted by Gasteiger charge is 2.27. The zero-order valence-corrected chi connectivity index (χ0v) is 10.5. The predicted molar refractivity (Wildman–Crippen MR) is 66.6 cm³/mol. The van der Waals surface area contributed by atoms with Crippen LogP contribution in [0, 0.1) is 11.8 Å². The average Bonchev–Trinajstić information content (AvgIpc) is 3.13. The van der Waals surface area contributed by atoms with Crippen molar-refractivity contribution in [2.24, 2.45) is 11.8 Å². The molecule has 0 radical (unpaired) electrons. The van der Waals surface area contributed by atoms with E-state index in [9.17, 15) is 0 Å². The van der Waals surface area contributed by atoms with Gasteiger partial charge in [0.25, 0.3) is 0 Å². The molecule has 2 fully saturated rings. The van der Waals surface area contributed by atoms with Crippen LogP contribution in [0.25, 0.3) is 0 Å². The summed E-state index contributed by atoms with van der Waals surface area (Å²) in [4.78, 5) is 0. The first-order valence-electron chi connectivity index (χ1n) is 6.89. The summed E-state index contributed by atoms with van der Waals surface area (Å²) in [6, 6.07) is 0. The van der Waals surface area contributed by atoms with Crippen LogP contribution in [0.5, 0.6) is 0 Å². The molecule has 0 spiro atoms. The Morgan fingerprint density at radius 3 is 2.69 bits per heavy atom. The highest BCUT2D eigenvalue weighted by Crippen LogP contribution is 2.35. The highest BCUT2D eigenvalue weighted by molar-refractivity contribution is 4.79. The molecule has 2 N–H and O–H groups in total. The summed E-state index contributed by atoms with van der Waals surface area (Å²) < 4.78 is 5.84. The third-order valence-electron chi connectivity index (χ3n) is 3.81. The molecule has 1 aliphatic heterocycles. The van der Waals surface area contributed by atoms with E-state index < -0.39 is 0 Å². The topological polar surface area (TPSA) is 33.3 Å². The van der Waals surface area contributed by atoms with Gasteiger partial charge in [0.05, 0.1) is 12.7 Å². The van der Waals surface area contributed by atoms with Gasteiger partial charge in [-0.15, -0.1) is 0 Å². The summed E-state index contributed by atoms with van der Waals surface area (Å²) in [5.41, 5.74) is 0. The van der Waals surface area contributed by atoms with Gasteiger partial charge in [0.1, 0.15) is 0 Å². The standard InChI is InChI=1S/C13H26N2O/c1-11(12-2-3-12)10-15-8-9-16-13-4-6-14-7-5-13/h11-15H,2-10H2,1H3. The van der Waals surface area contributed by atoms with Crippen LogP contribution in [-0.2, 0) is 4.74 Å². The molecule has 94 valence electrons. The molecule has 1 unspecified atom stereocenters. The molecule has 1 atom stereocenters. The summed E-state index contributed by atoms with van der Waals surface area (Å²) in [5.74, 6) is 1.87. The Morgan fingerprint density at radius 2 is 2.00 bits per heavy atom. The number of hydrogen-bond donors (Lipinski definition) is 2.